The molecule has 3 aromatic rings. The molecule has 5 rings (SSSR count). The number of rotatable bonds is 6. The lowest BCUT2D eigenvalue weighted by molar-refractivity contribution is -0.0209. The van der Waals surface area contributed by atoms with Crippen molar-refractivity contribution in [1.82, 2.24) is 5.01 Å². The molecule has 0 aromatic heterocycles. The molecule has 2 aliphatic heterocycles. The van der Waals surface area contributed by atoms with Crippen molar-refractivity contribution in [2.24, 2.45) is 5.10 Å². The van der Waals surface area contributed by atoms with E-state index in [1.807, 2.05) is 31.2 Å². The second-order valence-electron chi connectivity index (χ2n) is 7.73. The zero-order chi connectivity index (χ0) is 22.1. The van der Waals surface area contributed by atoms with E-state index < -0.39 is 0 Å². The lowest BCUT2D eigenvalue weighted by Crippen LogP contribution is -2.33. The summed E-state index contributed by atoms with van der Waals surface area (Å²) in [7, 11) is 1.68. The van der Waals surface area contributed by atoms with Crippen molar-refractivity contribution in [2.75, 3.05) is 20.0 Å². The summed E-state index contributed by atoms with van der Waals surface area (Å²) in [5, 5.41) is 7.15. The first-order valence-corrected chi connectivity index (χ1v) is 12.0. The second-order valence-corrected chi connectivity index (χ2v) is 8.61. The molecular formula is C26H26N2O3S. The van der Waals surface area contributed by atoms with Crippen LogP contribution in [-0.4, -0.2) is 30.7 Å². The number of hydrazone groups is 1. The number of nitrogens with zero attached hydrogens (tertiary/aromatic N) is 2. The molecule has 5 nitrogen and oxygen atoms in total. The topological polar surface area (TPSA) is 43.3 Å². The van der Waals surface area contributed by atoms with Crippen LogP contribution in [0.1, 0.15) is 42.3 Å². The highest BCUT2D eigenvalue weighted by Crippen LogP contribution is 2.50. The minimum absolute atomic E-state index is 0.0839. The summed E-state index contributed by atoms with van der Waals surface area (Å²) in [6.45, 7) is 2.65. The minimum Gasteiger partial charge on any atom is -0.494 e. The average Bonchev–Trinajstić information content (AvgIpc) is 3.30. The Labute approximate surface area is 193 Å². The minimum atomic E-state index is -0.320. The number of para-hydroxylation sites is 1. The predicted molar refractivity (Wildman–Crippen MR) is 128 cm³/mol. The molecule has 0 saturated heterocycles. The largest absolute Gasteiger partial charge is 0.494 e. The number of hydrogen-bond donors (Lipinski definition) is 0. The molecule has 6 heteroatoms. The summed E-state index contributed by atoms with van der Waals surface area (Å²) in [5.41, 5.74) is 4.32. The van der Waals surface area contributed by atoms with Crippen LogP contribution >= 0.6 is 11.8 Å². The first-order valence-electron chi connectivity index (χ1n) is 10.8. The van der Waals surface area contributed by atoms with Crippen molar-refractivity contribution in [3.8, 4) is 17.2 Å². The summed E-state index contributed by atoms with van der Waals surface area (Å²) in [4.78, 5) is 1.22. The molecule has 0 bridgehead atoms. The molecule has 0 saturated carbocycles. The Hall–Kier alpha value is -3.12. The van der Waals surface area contributed by atoms with Gasteiger partial charge in [0.15, 0.2) is 11.5 Å². The van der Waals surface area contributed by atoms with Crippen molar-refractivity contribution in [3.63, 3.8) is 0 Å². The number of fused-ring (bicyclic) bond motifs is 3. The van der Waals surface area contributed by atoms with Gasteiger partial charge in [0, 0.05) is 22.4 Å². The summed E-state index contributed by atoms with van der Waals surface area (Å²) in [6, 6.07) is 22.8. The van der Waals surface area contributed by atoms with Crippen LogP contribution in [0.25, 0.3) is 0 Å². The maximum absolute atomic E-state index is 6.53. The van der Waals surface area contributed by atoms with Gasteiger partial charge in [0.2, 0.25) is 6.23 Å². The van der Waals surface area contributed by atoms with Crippen LogP contribution < -0.4 is 14.2 Å². The highest BCUT2D eigenvalue weighted by Gasteiger charge is 2.42. The van der Waals surface area contributed by atoms with Crippen LogP contribution in [-0.2, 0) is 0 Å². The van der Waals surface area contributed by atoms with E-state index in [-0.39, 0.29) is 12.3 Å². The molecule has 0 amide bonds. The number of thioether (sulfide) groups is 1. The molecule has 2 atom stereocenters. The Kier molecular flexibility index (Phi) is 5.70. The summed E-state index contributed by atoms with van der Waals surface area (Å²) in [5.74, 6) is 2.43. The third kappa shape index (κ3) is 3.69. The Bertz CT molecular complexity index is 1130. The van der Waals surface area contributed by atoms with E-state index in [1.54, 1.807) is 18.9 Å². The van der Waals surface area contributed by atoms with E-state index in [2.05, 4.69) is 53.7 Å². The Morgan fingerprint density at radius 3 is 2.53 bits per heavy atom. The van der Waals surface area contributed by atoms with Crippen LogP contribution in [0.5, 0.6) is 17.2 Å². The second kappa shape index (κ2) is 8.79. The molecule has 0 fully saturated rings. The third-order valence-corrected chi connectivity index (χ3v) is 6.64. The van der Waals surface area contributed by atoms with Crippen LogP contribution in [0, 0.1) is 0 Å². The molecule has 2 heterocycles. The molecular weight excluding hydrogens is 420 g/mol. The van der Waals surface area contributed by atoms with Crippen molar-refractivity contribution in [2.45, 2.75) is 30.5 Å². The van der Waals surface area contributed by atoms with E-state index in [0.717, 1.165) is 46.1 Å². The highest BCUT2D eigenvalue weighted by atomic mass is 32.2. The van der Waals surface area contributed by atoms with Crippen molar-refractivity contribution >= 4 is 17.5 Å². The molecule has 164 valence electrons. The summed E-state index contributed by atoms with van der Waals surface area (Å²) in [6.07, 6.45) is 2.56. The van der Waals surface area contributed by atoms with E-state index >= 15 is 0 Å². The fourth-order valence-corrected chi connectivity index (χ4v) is 4.73. The SMILES string of the molecule is CCOc1ccc(C2=NN3[C@@H](c4ccc(SC)cc4)Oc4c(OC)cccc4[C@@H]3C2)cc1. The van der Waals surface area contributed by atoms with Gasteiger partial charge in [0.25, 0.3) is 0 Å². The monoisotopic (exact) mass is 446 g/mol. The van der Waals surface area contributed by atoms with Gasteiger partial charge in [-0.2, -0.15) is 5.10 Å². The number of hydrogen-bond acceptors (Lipinski definition) is 6. The van der Waals surface area contributed by atoms with Crippen molar-refractivity contribution in [1.29, 1.82) is 0 Å². The smallest absolute Gasteiger partial charge is 0.214 e. The molecule has 3 aromatic carbocycles. The van der Waals surface area contributed by atoms with E-state index in [1.165, 1.54) is 4.90 Å². The molecule has 32 heavy (non-hydrogen) atoms. The Morgan fingerprint density at radius 2 is 1.84 bits per heavy atom. The molecule has 0 unspecified atom stereocenters. The number of methoxy groups -OCH3 is 1. The zero-order valence-electron chi connectivity index (χ0n) is 18.4. The number of benzene rings is 3. The number of ether oxygens (including phenoxy) is 3. The first-order chi connectivity index (χ1) is 15.7. The zero-order valence-corrected chi connectivity index (χ0v) is 19.3. The predicted octanol–water partition coefficient (Wildman–Crippen LogP) is 6.06. The van der Waals surface area contributed by atoms with E-state index in [9.17, 15) is 0 Å². The lowest BCUT2D eigenvalue weighted by Gasteiger charge is -2.38. The normalized spacial score (nSPS) is 19.0. The fourth-order valence-electron chi connectivity index (χ4n) is 4.32. The standard InChI is InChI=1S/C26H26N2O3S/c1-4-30-19-12-8-17(9-13-19)22-16-23-21-6-5-7-24(29-2)25(21)31-26(28(23)27-22)18-10-14-20(32-3)15-11-18/h5-15,23,26H,4,16H2,1-3H3/t23-,26+/m0/s1. The van der Waals surface area contributed by atoms with Gasteiger partial charge in [-0.15, -0.1) is 11.8 Å². The van der Waals surface area contributed by atoms with Crippen molar-refractivity contribution < 1.29 is 14.2 Å². The summed E-state index contributed by atoms with van der Waals surface area (Å²) >= 11 is 1.73. The molecule has 0 spiro atoms. The van der Waals surface area contributed by atoms with E-state index in [0.29, 0.717) is 6.61 Å². The van der Waals surface area contributed by atoms with Crippen LogP contribution in [0.15, 0.2) is 76.7 Å². The van der Waals surface area contributed by atoms with Gasteiger partial charge < -0.3 is 14.2 Å². The van der Waals surface area contributed by atoms with Gasteiger partial charge in [-0.25, -0.2) is 5.01 Å². The van der Waals surface area contributed by atoms with E-state index in [4.69, 9.17) is 19.3 Å². The molecule has 0 N–H and O–H groups in total. The maximum atomic E-state index is 6.53. The van der Waals surface area contributed by atoms with Gasteiger partial charge in [-0.05, 0) is 61.2 Å². The van der Waals surface area contributed by atoms with Gasteiger partial charge in [-0.1, -0.05) is 24.3 Å². The molecule has 0 radical (unpaired) electrons. The van der Waals surface area contributed by atoms with Crippen LogP contribution in [0.2, 0.25) is 0 Å². The fraction of sp³-hybridized carbons (Fsp3) is 0.269. The van der Waals surface area contributed by atoms with Gasteiger partial charge in [0.05, 0.1) is 25.5 Å². The van der Waals surface area contributed by atoms with Crippen molar-refractivity contribution in [3.05, 3.63) is 83.4 Å². The Morgan fingerprint density at radius 1 is 1.06 bits per heavy atom. The quantitative estimate of drug-likeness (QED) is 0.431. The average molecular weight is 447 g/mol. The highest BCUT2D eigenvalue weighted by molar-refractivity contribution is 7.98. The van der Waals surface area contributed by atoms with Gasteiger partial charge in [-0.3, -0.25) is 0 Å². The molecule has 2 aliphatic rings. The van der Waals surface area contributed by atoms with Crippen LogP contribution in [0.3, 0.4) is 0 Å². The van der Waals surface area contributed by atoms with Gasteiger partial charge in [0.1, 0.15) is 5.75 Å². The maximum Gasteiger partial charge on any atom is 0.214 e. The Balaban J connectivity index is 1.55. The van der Waals surface area contributed by atoms with Gasteiger partial charge >= 0.3 is 0 Å². The first kappa shape index (κ1) is 20.8. The summed E-state index contributed by atoms with van der Waals surface area (Å²) < 4.78 is 17.8. The van der Waals surface area contributed by atoms with Crippen LogP contribution in [0.4, 0.5) is 0 Å². The third-order valence-electron chi connectivity index (χ3n) is 5.90. The lowest BCUT2D eigenvalue weighted by atomic mass is 9.95. The molecule has 0 aliphatic carbocycles.